The lowest BCUT2D eigenvalue weighted by Gasteiger charge is -2.20. The Labute approximate surface area is 70.1 Å². The molecule has 64 valence electrons. The molecule has 1 aliphatic rings. The van der Waals surface area contributed by atoms with E-state index < -0.39 is 0 Å². The van der Waals surface area contributed by atoms with Crippen molar-refractivity contribution in [3.63, 3.8) is 0 Å². The first kappa shape index (κ1) is 8.63. The SMILES string of the molecule is C=C(C)N(C)CCC1(C)CC1. The van der Waals surface area contributed by atoms with Crippen molar-refractivity contribution in [2.24, 2.45) is 5.41 Å². The van der Waals surface area contributed by atoms with Gasteiger partial charge in [-0.25, -0.2) is 0 Å². The lowest BCUT2D eigenvalue weighted by molar-refractivity contribution is 0.360. The van der Waals surface area contributed by atoms with Crippen LogP contribution < -0.4 is 0 Å². The van der Waals surface area contributed by atoms with Crippen molar-refractivity contribution < 1.29 is 0 Å². The molecule has 0 amide bonds. The Morgan fingerprint density at radius 2 is 2.09 bits per heavy atom. The fourth-order valence-corrected chi connectivity index (χ4v) is 1.09. The molecule has 0 aliphatic heterocycles. The van der Waals surface area contributed by atoms with Gasteiger partial charge < -0.3 is 4.90 Å². The highest BCUT2D eigenvalue weighted by molar-refractivity contribution is 4.92. The smallest absolute Gasteiger partial charge is 0.0176 e. The van der Waals surface area contributed by atoms with Crippen molar-refractivity contribution in [3.05, 3.63) is 12.3 Å². The summed E-state index contributed by atoms with van der Waals surface area (Å²) in [6.07, 6.45) is 4.18. The van der Waals surface area contributed by atoms with Crippen LogP contribution in [0.2, 0.25) is 0 Å². The summed E-state index contributed by atoms with van der Waals surface area (Å²) in [6, 6.07) is 0. The van der Waals surface area contributed by atoms with Crippen LogP contribution in [-0.4, -0.2) is 18.5 Å². The van der Waals surface area contributed by atoms with E-state index in [2.05, 4.69) is 32.4 Å². The van der Waals surface area contributed by atoms with Crippen LogP contribution in [0.25, 0.3) is 0 Å². The average molecular weight is 153 g/mol. The van der Waals surface area contributed by atoms with Crippen LogP contribution in [0, 0.1) is 5.41 Å². The molecule has 0 N–H and O–H groups in total. The first-order chi connectivity index (χ1) is 5.03. The summed E-state index contributed by atoms with van der Waals surface area (Å²) in [7, 11) is 2.12. The minimum atomic E-state index is 0.684. The molecule has 0 bridgehead atoms. The summed E-state index contributed by atoms with van der Waals surface area (Å²) in [5.41, 5.74) is 1.86. The summed E-state index contributed by atoms with van der Waals surface area (Å²) < 4.78 is 0. The van der Waals surface area contributed by atoms with E-state index in [1.165, 1.54) is 31.5 Å². The second kappa shape index (κ2) is 2.88. The Balaban J connectivity index is 2.16. The summed E-state index contributed by atoms with van der Waals surface area (Å²) >= 11 is 0. The number of hydrogen-bond donors (Lipinski definition) is 0. The fraction of sp³-hybridized carbons (Fsp3) is 0.800. The van der Waals surface area contributed by atoms with Crippen LogP contribution >= 0.6 is 0 Å². The van der Waals surface area contributed by atoms with E-state index in [9.17, 15) is 0 Å². The van der Waals surface area contributed by atoms with Crippen molar-refractivity contribution >= 4 is 0 Å². The average Bonchev–Trinajstić information content (AvgIpc) is 2.64. The summed E-state index contributed by atoms with van der Waals surface area (Å²) in [5, 5.41) is 0. The second-order valence-electron chi connectivity index (χ2n) is 4.22. The third-order valence-corrected chi connectivity index (χ3v) is 2.81. The molecule has 1 nitrogen and oxygen atoms in total. The number of rotatable bonds is 4. The van der Waals surface area contributed by atoms with E-state index in [0.29, 0.717) is 5.41 Å². The van der Waals surface area contributed by atoms with Gasteiger partial charge in [0.25, 0.3) is 0 Å². The summed E-state index contributed by atoms with van der Waals surface area (Å²) in [5.74, 6) is 0. The maximum Gasteiger partial charge on any atom is 0.0176 e. The molecular weight excluding hydrogens is 134 g/mol. The first-order valence-electron chi connectivity index (χ1n) is 4.40. The maximum atomic E-state index is 3.90. The molecule has 0 heterocycles. The van der Waals surface area contributed by atoms with Gasteiger partial charge in [-0.05, 0) is 31.6 Å². The van der Waals surface area contributed by atoms with Gasteiger partial charge >= 0.3 is 0 Å². The summed E-state index contributed by atoms with van der Waals surface area (Å²) in [4.78, 5) is 2.24. The van der Waals surface area contributed by atoms with Gasteiger partial charge in [-0.3, -0.25) is 0 Å². The highest BCUT2D eigenvalue weighted by Crippen LogP contribution is 2.48. The predicted octanol–water partition coefficient (Wildman–Crippen LogP) is 2.64. The number of hydrogen-bond acceptors (Lipinski definition) is 1. The number of nitrogens with zero attached hydrogens (tertiary/aromatic N) is 1. The normalized spacial score (nSPS) is 19.5. The fourth-order valence-electron chi connectivity index (χ4n) is 1.09. The molecule has 0 saturated heterocycles. The quantitative estimate of drug-likeness (QED) is 0.600. The van der Waals surface area contributed by atoms with Crippen molar-refractivity contribution in [2.75, 3.05) is 13.6 Å². The van der Waals surface area contributed by atoms with Gasteiger partial charge in [0.15, 0.2) is 0 Å². The van der Waals surface area contributed by atoms with E-state index >= 15 is 0 Å². The molecule has 1 rings (SSSR count). The zero-order valence-electron chi connectivity index (χ0n) is 7.98. The van der Waals surface area contributed by atoms with Crippen LogP contribution in [-0.2, 0) is 0 Å². The standard InChI is InChI=1S/C10H19N/c1-9(2)11(4)8-7-10(3)5-6-10/h1,5-8H2,2-4H3. The Bertz CT molecular complexity index is 156. The number of allylic oxidation sites excluding steroid dienone is 1. The highest BCUT2D eigenvalue weighted by Gasteiger charge is 2.36. The Morgan fingerprint density at radius 3 is 2.45 bits per heavy atom. The second-order valence-corrected chi connectivity index (χ2v) is 4.22. The largest absolute Gasteiger partial charge is 0.379 e. The monoisotopic (exact) mass is 153 g/mol. The van der Waals surface area contributed by atoms with Crippen molar-refractivity contribution in [1.29, 1.82) is 0 Å². The molecule has 0 aromatic heterocycles. The third kappa shape index (κ3) is 2.57. The Kier molecular flexibility index (Phi) is 2.26. The molecule has 0 spiro atoms. The van der Waals surface area contributed by atoms with E-state index in [1.54, 1.807) is 0 Å². The molecule has 11 heavy (non-hydrogen) atoms. The van der Waals surface area contributed by atoms with Crippen molar-refractivity contribution in [1.82, 2.24) is 4.90 Å². The van der Waals surface area contributed by atoms with Gasteiger partial charge in [0, 0.05) is 19.3 Å². The highest BCUT2D eigenvalue weighted by atomic mass is 15.1. The van der Waals surface area contributed by atoms with Gasteiger partial charge in [0.05, 0.1) is 0 Å². The molecule has 0 aromatic rings. The van der Waals surface area contributed by atoms with Crippen LogP contribution in [0.15, 0.2) is 12.3 Å². The van der Waals surface area contributed by atoms with Crippen LogP contribution in [0.1, 0.15) is 33.1 Å². The van der Waals surface area contributed by atoms with Gasteiger partial charge in [0.1, 0.15) is 0 Å². The zero-order chi connectivity index (χ0) is 8.48. The topological polar surface area (TPSA) is 3.24 Å². The molecule has 0 atom stereocenters. The minimum absolute atomic E-state index is 0.684. The molecule has 0 radical (unpaired) electrons. The minimum Gasteiger partial charge on any atom is -0.379 e. The van der Waals surface area contributed by atoms with Crippen LogP contribution in [0.4, 0.5) is 0 Å². The van der Waals surface area contributed by atoms with Gasteiger partial charge in [-0.1, -0.05) is 13.5 Å². The lowest BCUT2D eigenvalue weighted by atomic mass is 10.1. The molecule has 0 aromatic carbocycles. The van der Waals surface area contributed by atoms with E-state index in [1.807, 2.05) is 0 Å². The molecule has 1 saturated carbocycles. The van der Waals surface area contributed by atoms with Crippen molar-refractivity contribution in [3.8, 4) is 0 Å². The van der Waals surface area contributed by atoms with E-state index in [0.717, 1.165) is 0 Å². The van der Waals surface area contributed by atoms with E-state index in [4.69, 9.17) is 0 Å². The Hall–Kier alpha value is -0.460. The van der Waals surface area contributed by atoms with E-state index in [-0.39, 0.29) is 0 Å². The van der Waals surface area contributed by atoms with Gasteiger partial charge in [-0.2, -0.15) is 0 Å². The first-order valence-corrected chi connectivity index (χ1v) is 4.40. The maximum absolute atomic E-state index is 3.90. The molecule has 0 unspecified atom stereocenters. The predicted molar refractivity (Wildman–Crippen MR) is 49.4 cm³/mol. The lowest BCUT2D eigenvalue weighted by Crippen LogP contribution is -2.18. The van der Waals surface area contributed by atoms with Crippen LogP contribution in [0.3, 0.4) is 0 Å². The van der Waals surface area contributed by atoms with Gasteiger partial charge in [-0.15, -0.1) is 0 Å². The molecular formula is C10H19N. The van der Waals surface area contributed by atoms with Crippen molar-refractivity contribution in [2.45, 2.75) is 33.1 Å². The third-order valence-electron chi connectivity index (χ3n) is 2.81. The Morgan fingerprint density at radius 1 is 1.55 bits per heavy atom. The molecule has 1 fully saturated rings. The van der Waals surface area contributed by atoms with Gasteiger partial charge in [0.2, 0.25) is 0 Å². The zero-order valence-corrected chi connectivity index (χ0v) is 7.98. The molecule has 1 aliphatic carbocycles. The summed E-state index contributed by atoms with van der Waals surface area (Å²) in [6.45, 7) is 9.51. The van der Waals surface area contributed by atoms with Crippen LogP contribution in [0.5, 0.6) is 0 Å². The molecule has 1 heteroatoms.